The molecule has 1 heterocycles. The van der Waals surface area contributed by atoms with E-state index in [1.165, 1.54) is 12.1 Å². The van der Waals surface area contributed by atoms with Crippen LogP contribution in [0.3, 0.4) is 0 Å². The number of hydrogen-bond donors (Lipinski definition) is 1. The number of nitrogens with one attached hydrogen (secondary N) is 1. The van der Waals surface area contributed by atoms with Gasteiger partial charge in [-0.1, -0.05) is 35.9 Å². The van der Waals surface area contributed by atoms with Crippen LogP contribution in [0.4, 0.5) is 0 Å². The standard InChI is InChI=1S/C19H19ClN2O5S/c20-15-7-2-3-8-16(15)27-13-11-21-18(23)10-5-12-22-19(24)14-6-1-4-9-17(14)28(22,25)26/h1-4,6-9H,5,10-13H2,(H,21,23). The van der Waals surface area contributed by atoms with Gasteiger partial charge in [-0.2, -0.15) is 0 Å². The van der Waals surface area contributed by atoms with Gasteiger partial charge < -0.3 is 10.1 Å². The van der Waals surface area contributed by atoms with Gasteiger partial charge in [-0.25, -0.2) is 12.7 Å². The highest BCUT2D eigenvalue weighted by molar-refractivity contribution is 7.90. The lowest BCUT2D eigenvalue weighted by molar-refractivity contribution is -0.121. The highest BCUT2D eigenvalue weighted by atomic mass is 35.5. The van der Waals surface area contributed by atoms with Crippen LogP contribution >= 0.6 is 11.6 Å². The number of hydrogen-bond acceptors (Lipinski definition) is 5. The van der Waals surface area contributed by atoms with Crippen LogP contribution in [0.25, 0.3) is 0 Å². The van der Waals surface area contributed by atoms with Gasteiger partial charge in [-0.05, 0) is 30.7 Å². The maximum atomic E-state index is 12.4. The molecule has 0 aromatic heterocycles. The molecule has 0 aliphatic carbocycles. The molecule has 148 valence electrons. The fourth-order valence-corrected chi connectivity index (χ4v) is 4.63. The summed E-state index contributed by atoms with van der Waals surface area (Å²) in [6.07, 6.45) is 0.331. The van der Waals surface area contributed by atoms with E-state index < -0.39 is 15.9 Å². The van der Waals surface area contributed by atoms with Crippen molar-refractivity contribution in [2.45, 2.75) is 17.7 Å². The van der Waals surface area contributed by atoms with E-state index in [1.807, 2.05) is 0 Å². The number of ether oxygens (including phenoxy) is 1. The molecular weight excluding hydrogens is 404 g/mol. The Bertz CT molecular complexity index is 993. The van der Waals surface area contributed by atoms with Crippen molar-refractivity contribution >= 4 is 33.4 Å². The number of fused-ring (bicyclic) bond motifs is 1. The molecule has 7 nitrogen and oxygen atoms in total. The Kier molecular flexibility index (Phi) is 6.21. The number of nitrogens with zero attached hydrogens (tertiary/aromatic N) is 1. The summed E-state index contributed by atoms with van der Waals surface area (Å²) in [6, 6.07) is 13.1. The van der Waals surface area contributed by atoms with E-state index in [2.05, 4.69) is 5.32 Å². The lowest BCUT2D eigenvalue weighted by Crippen LogP contribution is -2.33. The smallest absolute Gasteiger partial charge is 0.269 e. The summed E-state index contributed by atoms with van der Waals surface area (Å²) in [6.45, 7) is 0.500. The van der Waals surface area contributed by atoms with E-state index in [4.69, 9.17) is 16.3 Å². The molecule has 2 aromatic rings. The molecule has 0 bridgehead atoms. The summed E-state index contributed by atoms with van der Waals surface area (Å²) in [4.78, 5) is 24.2. The third-order valence-electron chi connectivity index (χ3n) is 4.20. The first-order chi connectivity index (χ1) is 13.4. The van der Waals surface area contributed by atoms with Crippen molar-refractivity contribution in [3.8, 4) is 5.75 Å². The summed E-state index contributed by atoms with van der Waals surface area (Å²) in [5, 5.41) is 3.18. The summed E-state index contributed by atoms with van der Waals surface area (Å²) >= 11 is 5.97. The van der Waals surface area contributed by atoms with Crippen LogP contribution in [0.1, 0.15) is 23.2 Å². The molecule has 2 amide bonds. The molecule has 9 heteroatoms. The first kappa shape index (κ1) is 20.2. The van der Waals surface area contributed by atoms with E-state index in [-0.39, 0.29) is 48.9 Å². The number of carbonyl (C=O) groups is 2. The minimum Gasteiger partial charge on any atom is -0.490 e. The SMILES string of the molecule is O=C(CCCN1C(=O)c2ccccc2S1(=O)=O)NCCOc1ccccc1Cl. The van der Waals surface area contributed by atoms with Crippen LogP contribution in [-0.2, 0) is 14.8 Å². The van der Waals surface area contributed by atoms with Gasteiger partial charge in [0.15, 0.2) is 0 Å². The second-order valence-corrected chi connectivity index (χ2v) is 8.35. The highest BCUT2D eigenvalue weighted by Gasteiger charge is 2.40. The normalized spacial score (nSPS) is 14.6. The molecule has 0 atom stereocenters. The van der Waals surface area contributed by atoms with Crippen molar-refractivity contribution in [3.05, 3.63) is 59.1 Å². The molecule has 0 spiro atoms. The van der Waals surface area contributed by atoms with Gasteiger partial charge in [-0.3, -0.25) is 9.59 Å². The van der Waals surface area contributed by atoms with Gasteiger partial charge >= 0.3 is 0 Å². The Morgan fingerprint density at radius 3 is 2.57 bits per heavy atom. The van der Waals surface area contributed by atoms with Crippen molar-refractivity contribution in [1.82, 2.24) is 9.62 Å². The average Bonchev–Trinajstić information content (AvgIpc) is 2.87. The van der Waals surface area contributed by atoms with Crippen molar-refractivity contribution in [2.75, 3.05) is 19.7 Å². The largest absolute Gasteiger partial charge is 0.490 e. The van der Waals surface area contributed by atoms with Crippen LogP contribution in [0.5, 0.6) is 5.75 Å². The second kappa shape index (κ2) is 8.62. The van der Waals surface area contributed by atoms with Crippen molar-refractivity contribution in [3.63, 3.8) is 0 Å². The highest BCUT2D eigenvalue weighted by Crippen LogP contribution is 2.30. The molecular formula is C19H19ClN2O5S. The maximum absolute atomic E-state index is 12.4. The van der Waals surface area contributed by atoms with Crippen LogP contribution in [0.2, 0.25) is 5.02 Å². The molecule has 28 heavy (non-hydrogen) atoms. The zero-order valence-corrected chi connectivity index (χ0v) is 16.5. The number of para-hydroxylation sites is 1. The quantitative estimate of drug-likeness (QED) is 0.659. The molecule has 0 saturated carbocycles. The van der Waals surface area contributed by atoms with Crippen LogP contribution in [0, 0.1) is 0 Å². The van der Waals surface area contributed by atoms with Gasteiger partial charge in [0.25, 0.3) is 15.9 Å². The van der Waals surface area contributed by atoms with E-state index in [9.17, 15) is 18.0 Å². The molecule has 0 unspecified atom stereocenters. The zero-order valence-electron chi connectivity index (χ0n) is 14.9. The van der Waals surface area contributed by atoms with E-state index in [0.29, 0.717) is 10.8 Å². The summed E-state index contributed by atoms with van der Waals surface area (Å²) < 4.78 is 31.1. The Morgan fingerprint density at radius 1 is 1.11 bits per heavy atom. The minimum absolute atomic E-state index is 0.0150. The topological polar surface area (TPSA) is 92.8 Å². The lowest BCUT2D eigenvalue weighted by atomic mass is 10.2. The molecule has 1 aliphatic heterocycles. The average molecular weight is 423 g/mol. The van der Waals surface area contributed by atoms with Crippen LogP contribution in [-0.4, -0.2) is 44.2 Å². The number of benzene rings is 2. The fourth-order valence-electron chi connectivity index (χ4n) is 2.84. The first-order valence-electron chi connectivity index (χ1n) is 8.71. The fraction of sp³-hybridized carbons (Fsp3) is 0.263. The van der Waals surface area contributed by atoms with Gasteiger partial charge in [-0.15, -0.1) is 0 Å². The summed E-state index contributed by atoms with van der Waals surface area (Å²) in [7, 11) is -3.83. The molecule has 2 aromatic carbocycles. The maximum Gasteiger partial charge on any atom is 0.269 e. The number of sulfonamides is 1. The second-order valence-electron chi connectivity index (χ2n) is 6.11. The number of halogens is 1. The van der Waals surface area contributed by atoms with Gasteiger partial charge in [0, 0.05) is 13.0 Å². The molecule has 0 radical (unpaired) electrons. The number of rotatable bonds is 8. The first-order valence-corrected chi connectivity index (χ1v) is 10.5. The summed E-state index contributed by atoms with van der Waals surface area (Å²) in [5.41, 5.74) is 0.170. The van der Waals surface area contributed by atoms with Crippen molar-refractivity contribution < 1.29 is 22.7 Å². The third kappa shape index (κ3) is 4.28. The van der Waals surface area contributed by atoms with Gasteiger partial charge in [0.05, 0.1) is 17.1 Å². The Labute approximate surface area is 168 Å². The monoisotopic (exact) mass is 422 g/mol. The Morgan fingerprint density at radius 2 is 1.82 bits per heavy atom. The molecule has 3 rings (SSSR count). The minimum atomic E-state index is -3.83. The Balaban J connectivity index is 1.41. The van der Waals surface area contributed by atoms with Gasteiger partial charge in [0.1, 0.15) is 17.3 Å². The van der Waals surface area contributed by atoms with E-state index in [1.54, 1.807) is 36.4 Å². The van der Waals surface area contributed by atoms with E-state index in [0.717, 1.165) is 4.31 Å². The predicted molar refractivity (Wildman–Crippen MR) is 104 cm³/mol. The Hall–Kier alpha value is -2.58. The van der Waals surface area contributed by atoms with Crippen LogP contribution < -0.4 is 10.1 Å². The van der Waals surface area contributed by atoms with Crippen molar-refractivity contribution in [1.29, 1.82) is 0 Å². The van der Waals surface area contributed by atoms with E-state index >= 15 is 0 Å². The van der Waals surface area contributed by atoms with Crippen molar-refractivity contribution in [2.24, 2.45) is 0 Å². The third-order valence-corrected chi connectivity index (χ3v) is 6.35. The summed E-state index contributed by atoms with van der Waals surface area (Å²) in [5.74, 6) is -0.260. The number of carbonyl (C=O) groups excluding carboxylic acids is 2. The number of amides is 2. The molecule has 1 N–H and O–H groups in total. The zero-order chi connectivity index (χ0) is 20.1. The molecule has 0 fully saturated rings. The van der Waals surface area contributed by atoms with Crippen LogP contribution in [0.15, 0.2) is 53.4 Å². The molecule has 1 aliphatic rings. The predicted octanol–water partition coefficient (Wildman–Crippen LogP) is 2.46. The molecule has 0 saturated heterocycles. The lowest BCUT2D eigenvalue weighted by Gasteiger charge is -2.14. The van der Waals surface area contributed by atoms with Gasteiger partial charge in [0.2, 0.25) is 5.91 Å².